The third-order valence-corrected chi connectivity index (χ3v) is 3.19. The molecule has 17 heavy (non-hydrogen) atoms. The summed E-state index contributed by atoms with van der Waals surface area (Å²) in [5.74, 6) is 0.744. The van der Waals surface area contributed by atoms with Crippen LogP contribution in [-0.2, 0) is 13.5 Å². The standard InChI is InChI=1S/C12H15N5/c1-6(2)11-9-8(16-17(11)3)4-7-5-14-12(13)15-10(7)9/h5-6H,4H2,1-3H3,(H2,13,14,15). The fourth-order valence-corrected chi connectivity index (χ4v) is 2.59. The number of anilines is 1. The van der Waals surface area contributed by atoms with E-state index >= 15 is 0 Å². The molecule has 0 aliphatic heterocycles. The number of rotatable bonds is 1. The first-order valence-electron chi connectivity index (χ1n) is 5.75. The number of fused-ring (bicyclic) bond motifs is 3. The Balaban J connectivity index is 2.29. The fraction of sp³-hybridized carbons (Fsp3) is 0.417. The highest BCUT2D eigenvalue weighted by Crippen LogP contribution is 2.39. The molecule has 0 unspecified atom stereocenters. The second-order valence-corrected chi connectivity index (χ2v) is 4.76. The van der Waals surface area contributed by atoms with Crippen LogP contribution in [0.15, 0.2) is 6.20 Å². The van der Waals surface area contributed by atoms with Crippen LogP contribution in [0.1, 0.15) is 36.7 Å². The Morgan fingerprint density at radius 3 is 2.88 bits per heavy atom. The van der Waals surface area contributed by atoms with Crippen molar-refractivity contribution in [2.45, 2.75) is 26.2 Å². The second-order valence-electron chi connectivity index (χ2n) is 4.76. The van der Waals surface area contributed by atoms with Crippen molar-refractivity contribution in [2.24, 2.45) is 7.05 Å². The minimum atomic E-state index is 0.329. The Morgan fingerprint density at radius 2 is 2.18 bits per heavy atom. The topological polar surface area (TPSA) is 69.6 Å². The molecule has 0 bridgehead atoms. The van der Waals surface area contributed by atoms with E-state index in [0.717, 1.165) is 28.9 Å². The van der Waals surface area contributed by atoms with Gasteiger partial charge < -0.3 is 5.73 Å². The minimum absolute atomic E-state index is 0.329. The van der Waals surface area contributed by atoms with Crippen molar-refractivity contribution < 1.29 is 0 Å². The SMILES string of the molecule is CC(C)c1c2c(nn1C)Cc1cnc(N)nc1-2. The van der Waals surface area contributed by atoms with E-state index in [1.807, 2.05) is 17.9 Å². The molecule has 3 rings (SSSR count). The first kappa shape index (κ1) is 10.3. The lowest BCUT2D eigenvalue weighted by atomic mass is 10.0. The van der Waals surface area contributed by atoms with Crippen LogP contribution in [0.5, 0.6) is 0 Å². The Kier molecular flexibility index (Phi) is 1.98. The summed E-state index contributed by atoms with van der Waals surface area (Å²) in [5.41, 5.74) is 11.2. The van der Waals surface area contributed by atoms with Crippen LogP contribution in [0.3, 0.4) is 0 Å². The van der Waals surface area contributed by atoms with Crippen molar-refractivity contribution >= 4 is 5.95 Å². The van der Waals surface area contributed by atoms with Gasteiger partial charge in [-0.05, 0) is 5.92 Å². The van der Waals surface area contributed by atoms with Crippen LogP contribution in [-0.4, -0.2) is 19.7 Å². The number of hydrogen-bond acceptors (Lipinski definition) is 4. The minimum Gasteiger partial charge on any atom is -0.368 e. The van der Waals surface area contributed by atoms with Gasteiger partial charge in [0.25, 0.3) is 0 Å². The maximum Gasteiger partial charge on any atom is 0.220 e. The van der Waals surface area contributed by atoms with Crippen molar-refractivity contribution in [3.63, 3.8) is 0 Å². The number of aromatic nitrogens is 4. The van der Waals surface area contributed by atoms with Gasteiger partial charge in [-0.15, -0.1) is 0 Å². The van der Waals surface area contributed by atoms with E-state index in [2.05, 4.69) is 28.9 Å². The average Bonchev–Trinajstić information content (AvgIpc) is 2.72. The van der Waals surface area contributed by atoms with Crippen LogP contribution in [0.4, 0.5) is 5.95 Å². The zero-order valence-electron chi connectivity index (χ0n) is 10.2. The lowest BCUT2D eigenvalue weighted by molar-refractivity contribution is 0.662. The van der Waals surface area contributed by atoms with Crippen molar-refractivity contribution in [1.82, 2.24) is 19.7 Å². The summed E-state index contributed by atoms with van der Waals surface area (Å²) in [4.78, 5) is 8.41. The van der Waals surface area contributed by atoms with Gasteiger partial charge in [0.1, 0.15) is 0 Å². The molecule has 0 atom stereocenters. The number of nitrogens with two attached hydrogens (primary N) is 1. The molecule has 0 spiro atoms. The predicted molar refractivity (Wildman–Crippen MR) is 65.5 cm³/mol. The molecule has 0 fully saturated rings. The van der Waals surface area contributed by atoms with E-state index in [1.165, 1.54) is 5.69 Å². The van der Waals surface area contributed by atoms with Crippen molar-refractivity contribution in [1.29, 1.82) is 0 Å². The highest BCUT2D eigenvalue weighted by Gasteiger charge is 2.29. The normalized spacial score (nSPS) is 12.9. The molecule has 1 aliphatic rings. The highest BCUT2D eigenvalue weighted by molar-refractivity contribution is 5.75. The largest absolute Gasteiger partial charge is 0.368 e. The molecular weight excluding hydrogens is 214 g/mol. The van der Waals surface area contributed by atoms with E-state index in [1.54, 1.807) is 0 Å². The smallest absolute Gasteiger partial charge is 0.220 e. The third-order valence-electron chi connectivity index (χ3n) is 3.19. The zero-order chi connectivity index (χ0) is 12.2. The van der Waals surface area contributed by atoms with Crippen molar-refractivity contribution in [3.8, 4) is 11.3 Å². The van der Waals surface area contributed by atoms with Gasteiger partial charge in [-0.3, -0.25) is 4.68 Å². The Morgan fingerprint density at radius 1 is 1.41 bits per heavy atom. The van der Waals surface area contributed by atoms with Crippen LogP contribution in [0, 0.1) is 0 Å². The Hall–Kier alpha value is -1.91. The van der Waals surface area contributed by atoms with Crippen LogP contribution in [0.25, 0.3) is 11.3 Å². The highest BCUT2D eigenvalue weighted by atomic mass is 15.3. The molecule has 2 N–H and O–H groups in total. The average molecular weight is 229 g/mol. The molecule has 2 heterocycles. The monoisotopic (exact) mass is 229 g/mol. The molecule has 0 saturated heterocycles. The number of nitrogens with zero attached hydrogens (tertiary/aromatic N) is 4. The molecule has 0 amide bonds. The van der Waals surface area contributed by atoms with Crippen molar-refractivity contribution in [2.75, 3.05) is 5.73 Å². The lowest BCUT2D eigenvalue weighted by Gasteiger charge is -2.09. The zero-order valence-corrected chi connectivity index (χ0v) is 10.2. The van der Waals surface area contributed by atoms with Gasteiger partial charge >= 0.3 is 0 Å². The summed E-state index contributed by atoms with van der Waals surface area (Å²) < 4.78 is 1.95. The molecule has 5 heteroatoms. The summed E-state index contributed by atoms with van der Waals surface area (Å²) >= 11 is 0. The quantitative estimate of drug-likeness (QED) is 0.686. The molecule has 0 aromatic carbocycles. The van der Waals surface area contributed by atoms with Crippen LogP contribution in [0.2, 0.25) is 0 Å². The molecule has 0 saturated carbocycles. The maximum atomic E-state index is 5.67. The summed E-state index contributed by atoms with van der Waals surface area (Å²) in [6.45, 7) is 4.33. The second kappa shape index (κ2) is 3.29. The fourth-order valence-electron chi connectivity index (χ4n) is 2.59. The van der Waals surface area contributed by atoms with E-state index in [4.69, 9.17) is 5.73 Å². The van der Waals surface area contributed by atoms with Crippen LogP contribution < -0.4 is 5.73 Å². The van der Waals surface area contributed by atoms with E-state index in [-0.39, 0.29) is 0 Å². The molecule has 2 aromatic rings. The number of hydrogen-bond donors (Lipinski definition) is 1. The Bertz CT molecular complexity index is 597. The van der Waals surface area contributed by atoms with Crippen LogP contribution >= 0.6 is 0 Å². The van der Waals surface area contributed by atoms with Gasteiger partial charge in [-0.1, -0.05) is 13.8 Å². The third kappa shape index (κ3) is 1.35. The van der Waals surface area contributed by atoms with Gasteiger partial charge in [0, 0.05) is 30.8 Å². The van der Waals surface area contributed by atoms with E-state index < -0.39 is 0 Å². The summed E-state index contributed by atoms with van der Waals surface area (Å²) in [6, 6.07) is 0. The van der Waals surface area contributed by atoms with Gasteiger partial charge in [-0.25, -0.2) is 9.97 Å². The van der Waals surface area contributed by atoms with E-state index in [0.29, 0.717) is 11.9 Å². The number of nitrogen functional groups attached to an aromatic ring is 1. The molecule has 5 nitrogen and oxygen atoms in total. The molecule has 0 radical (unpaired) electrons. The van der Waals surface area contributed by atoms with Gasteiger partial charge in [-0.2, -0.15) is 5.10 Å². The van der Waals surface area contributed by atoms with E-state index in [9.17, 15) is 0 Å². The molecule has 2 aromatic heterocycles. The Labute approximate surface area is 99.7 Å². The van der Waals surface area contributed by atoms with Crippen molar-refractivity contribution in [3.05, 3.63) is 23.1 Å². The maximum absolute atomic E-state index is 5.67. The molecular formula is C12H15N5. The first-order chi connectivity index (χ1) is 8.08. The molecule has 1 aliphatic carbocycles. The summed E-state index contributed by atoms with van der Waals surface area (Å²) in [6.07, 6.45) is 2.62. The first-order valence-corrected chi connectivity index (χ1v) is 5.75. The van der Waals surface area contributed by atoms with Gasteiger partial charge in [0.05, 0.1) is 17.1 Å². The predicted octanol–water partition coefficient (Wildman–Crippen LogP) is 1.49. The summed E-state index contributed by atoms with van der Waals surface area (Å²) in [7, 11) is 1.98. The van der Waals surface area contributed by atoms with Gasteiger partial charge in [0.2, 0.25) is 5.95 Å². The molecule has 88 valence electrons. The van der Waals surface area contributed by atoms with Gasteiger partial charge in [0.15, 0.2) is 0 Å². The number of aryl methyl sites for hydroxylation is 1. The lowest BCUT2D eigenvalue weighted by Crippen LogP contribution is -2.04. The summed E-state index contributed by atoms with van der Waals surface area (Å²) in [5, 5.41) is 4.56.